The largest absolute Gasteiger partial charge is 0.490 e. The standard InChI is InChI=1S/C20H23NO5/c1-4-25-18-11-14(9-10-17(18)26-12-19(22)23)20(24)21-16-8-6-5-7-15(16)13(2)3/h5-11,13H,4,12H2,1-3H3,(H,21,24)(H,22,23). The molecule has 1 amide bonds. The second kappa shape index (κ2) is 8.89. The lowest BCUT2D eigenvalue weighted by Crippen LogP contribution is -2.14. The highest BCUT2D eigenvalue weighted by Crippen LogP contribution is 2.29. The fraction of sp³-hybridized carbons (Fsp3) is 0.300. The van der Waals surface area contributed by atoms with Crippen molar-refractivity contribution in [2.75, 3.05) is 18.5 Å². The molecular formula is C20H23NO5. The maximum atomic E-state index is 12.6. The number of anilines is 1. The molecule has 0 aliphatic rings. The molecule has 0 saturated heterocycles. The van der Waals surface area contributed by atoms with E-state index in [1.54, 1.807) is 19.1 Å². The number of hydrogen-bond donors (Lipinski definition) is 2. The van der Waals surface area contributed by atoms with Crippen molar-refractivity contribution in [3.8, 4) is 11.5 Å². The molecule has 0 heterocycles. The van der Waals surface area contributed by atoms with Crippen LogP contribution in [0.3, 0.4) is 0 Å². The summed E-state index contributed by atoms with van der Waals surface area (Å²) in [7, 11) is 0. The van der Waals surface area contributed by atoms with Crippen molar-refractivity contribution in [3.63, 3.8) is 0 Å². The third-order valence-electron chi connectivity index (χ3n) is 3.69. The molecule has 0 aliphatic heterocycles. The van der Waals surface area contributed by atoms with Crippen LogP contribution in [0.5, 0.6) is 11.5 Å². The molecule has 2 rings (SSSR count). The van der Waals surface area contributed by atoms with Gasteiger partial charge in [0, 0.05) is 11.3 Å². The van der Waals surface area contributed by atoms with Gasteiger partial charge in [-0.25, -0.2) is 4.79 Å². The van der Waals surface area contributed by atoms with Gasteiger partial charge in [0.2, 0.25) is 0 Å². The predicted octanol–water partition coefficient (Wildman–Crippen LogP) is 3.92. The number of carbonyl (C=O) groups excluding carboxylic acids is 1. The van der Waals surface area contributed by atoms with E-state index in [9.17, 15) is 9.59 Å². The van der Waals surface area contributed by atoms with Gasteiger partial charge in [0.15, 0.2) is 18.1 Å². The third-order valence-corrected chi connectivity index (χ3v) is 3.69. The van der Waals surface area contributed by atoms with Crippen LogP contribution in [-0.2, 0) is 4.79 Å². The number of carbonyl (C=O) groups is 2. The smallest absolute Gasteiger partial charge is 0.341 e. The third kappa shape index (κ3) is 4.99. The summed E-state index contributed by atoms with van der Waals surface area (Å²) in [5, 5.41) is 11.7. The number of aliphatic carboxylic acids is 1. The minimum Gasteiger partial charge on any atom is -0.490 e. The lowest BCUT2D eigenvalue weighted by molar-refractivity contribution is -0.139. The Bertz CT molecular complexity index is 786. The molecule has 2 aromatic rings. The van der Waals surface area contributed by atoms with E-state index in [0.29, 0.717) is 17.9 Å². The van der Waals surface area contributed by atoms with Gasteiger partial charge in [-0.2, -0.15) is 0 Å². The van der Waals surface area contributed by atoms with Crippen LogP contribution in [0.25, 0.3) is 0 Å². The summed E-state index contributed by atoms with van der Waals surface area (Å²) < 4.78 is 10.7. The molecule has 6 nitrogen and oxygen atoms in total. The van der Waals surface area contributed by atoms with Gasteiger partial charge in [0.1, 0.15) is 0 Å². The van der Waals surface area contributed by atoms with Gasteiger partial charge in [-0.15, -0.1) is 0 Å². The van der Waals surface area contributed by atoms with Crippen LogP contribution in [0.1, 0.15) is 42.6 Å². The molecule has 0 radical (unpaired) electrons. The maximum absolute atomic E-state index is 12.6. The van der Waals surface area contributed by atoms with Gasteiger partial charge in [0.05, 0.1) is 6.61 Å². The number of ether oxygens (including phenoxy) is 2. The summed E-state index contributed by atoms with van der Waals surface area (Å²) in [6.45, 7) is 5.81. The minimum atomic E-state index is -1.08. The molecule has 2 aromatic carbocycles. The number of hydrogen-bond acceptors (Lipinski definition) is 4. The zero-order chi connectivity index (χ0) is 19.1. The van der Waals surface area contributed by atoms with E-state index in [2.05, 4.69) is 19.2 Å². The van der Waals surface area contributed by atoms with E-state index in [0.717, 1.165) is 11.3 Å². The molecule has 26 heavy (non-hydrogen) atoms. The zero-order valence-electron chi connectivity index (χ0n) is 15.1. The first kappa shape index (κ1) is 19.3. The molecule has 0 bridgehead atoms. The Morgan fingerprint density at radius 1 is 1.08 bits per heavy atom. The number of amides is 1. The van der Waals surface area contributed by atoms with Crippen molar-refractivity contribution in [2.45, 2.75) is 26.7 Å². The lowest BCUT2D eigenvalue weighted by Gasteiger charge is -2.15. The lowest BCUT2D eigenvalue weighted by atomic mass is 10.0. The fourth-order valence-corrected chi connectivity index (χ4v) is 2.49. The predicted molar refractivity (Wildman–Crippen MR) is 99.2 cm³/mol. The number of carboxylic acid groups (broad SMARTS) is 1. The van der Waals surface area contributed by atoms with Gasteiger partial charge >= 0.3 is 5.97 Å². The summed E-state index contributed by atoms with van der Waals surface area (Å²) in [6.07, 6.45) is 0. The van der Waals surface area contributed by atoms with E-state index >= 15 is 0 Å². The van der Waals surface area contributed by atoms with Crippen LogP contribution >= 0.6 is 0 Å². The van der Waals surface area contributed by atoms with Crippen molar-refractivity contribution in [2.24, 2.45) is 0 Å². The van der Waals surface area contributed by atoms with Crippen LogP contribution in [0.4, 0.5) is 5.69 Å². The number of rotatable bonds is 8. The number of nitrogens with one attached hydrogen (secondary N) is 1. The molecule has 0 aromatic heterocycles. The summed E-state index contributed by atoms with van der Waals surface area (Å²) in [4.78, 5) is 23.3. The van der Waals surface area contributed by atoms with E-state index < -0.39 is 12.6 Å². The molecule has 0 unspecified atom stereocenters. The highest BCUT2D eigenvalue weighted by Gasteiger charge is 2.14. The quantitative estimate of drug-likeness (QED) is 0.748. The van der Waals surface area contributed by atoms with Crippen molar-refractivity contribution in [3.05, 3.63) is 53.6 Å². The number of para-hydroxylation sites is 1. The van der Waals surface area contributed by atoms with E-state index in [1.807, 2.05) is 24.3 Å². The highest BCUT2D eigenvalue weighted by molar-refractivity contribution is 6.05. The van der Waals surface area contributed by atoms with Crippen molar-refractivity contribution in [1.29, 1.82) is 0 Å². The fourth-order valence-electron chi connectivity index (χ4n) is 2.49. The van der Waals surface area contributed by atoms with Crippen LogP contribution in [0.15, 0.2) is 42.5 Å². The second-order valence-corrected chi connectivity index (χ2v) is 5.97. The van der Waals surface area contributed by atoms with Crippen LogP contribution < -0.4 is 14.8 Å². The molecule has 6 heteroatoms. The van der Waals surface area contributed by atoms with Crippen LogP contribution in [0.2, 0.25) is 0 Å². The Balaban J connectivity index is 2.23. The van der Waals surface area contributed by atoms with Gasteiger partial charge in [-0.1, -0.05) is 32.0 Å². The minimum absolute atomic E-state index is 0.274. The molecular weight excluding hydrogens is 334 g/mol. The number of benzene rings is 2. The average Bonchev–Trinajstić information content (AvgIpc) is 2.61. The van der Waals surface area contributed by atoms with Crippen LogP contribution in [0, 0.1) is 0 Å². The molecule has 0 atom stereocenters. The molecule has 0 fully saturated rings. The van der Waals surface area contributed by atoms with Crippen molar-refractivity contribution >= 4 is 17.6 Å². The van der Waals surface area contributed by atoms with Gasteiger partial charge in [-0.3, -0.25) is 4.79 Å². The van der Waals surface area contributed by atoms with Gasteiger partial charge in [0.25, 0.3) is 5.91 Å². The summed E-state index contributed by atoms with van der Waals surface area (Å²) >= 11 is 0. The van der Waals surface area contributed by atoms with Gasteiger partial charge < -0.3 is 19.9 Å². The normalized spacial score (nSPS) is 10.5. The molecule has 2 N–H and O–H groups in total. The van der Waals surface area contributed by atoms with Gasteiger partial charge in [-0.05, 0) is 42.7 Å². The molecule has 0 aliphatic carbocycles. The summed E-state index contributed by atoms with van der Waals surface area (Å²) in [6, 6.07) is 12.3. The topological polar surface area (TPSA) is 84.9 Å². The second-order valence-electron chi connectivity index (χ2n) is 5.97. The monoisotopic (exact) mass is 357 g/mol. The average molecular weight is 357 g/mol. The molecule has 138 valence electrons. The van der Waals surface area contributed by atoms with E-state index in [1.165, 1.54) is 6.07 Å². The highest BCUT2D eigenvalue weighted by atomic mass is 16.5. The van der Waals surface area contributed by atoms with Crippen LogP contribution in [-0.4, -0.2) is 30.2 Å². The first-order chi connectivity index (χ1) is 12.4. The Morgan fingerprint density at radius 3 is 2.46 bits per heavy atom. The SMILES string of the molecule is CCOc1cc(C(=O)Nc2ccccc2C(C)C)ccc1OCC(=O)O. The summed E-state index contributed by atoms with van der Waals surface area (Å²) in [5.41, 5.74) is 2.21. The Kier molecular flexibility index (Phi) is 6.60. The van der Waals surface area contributed by atoms with E-state index in [4.69, 9.17) is 14.6 Å². The number of carboxylic acids is 1. The molecule has 0 saturated carbocycles. The van der Waals surface area contributed by atoms with Crippen molar-refractivity contribution < 1.29 is 24.2 Å². The Labute approximate surface area is 152 Å². The van der Waals surface area contributed by atoms with E-state index in [-0.39, 0.29) is 17.6 Å². The zero-order valence-corrected chi connectivity index (χ0v) is 15.1. The maximum Gasteiger partial charge on any atom is 0.341 e. The first-order valence-corrected chi connectivity index (χ1v) is 8.44. The Morgan fingerprint density at radius 2 is 1.81 bits per heavy atom. The first-order valence-electron chi connectivity index (χ1n) is 8.44. The Hall–Kier alpha value is -3.02. The van der Waals surface area contributed by atoms with Crippen molar-refractivity contribution in [1.82, 2.24) is 0 Å². The summed E-state index contributed by atoms with van der Waals surface area (Å²) in [5.74, 6) is -0.465. The molecule has 0 spiro atoms.